The summed E-state index contributed by atoms with van der Waals surface area (Å²) in [7, 11) is 0. The minimum absolute atomic E-state index is 0.344. The molecule has 2 atom stereocenters. The van der Waals surface area contributed by atoms with E-state index in [0.29, 0.717) is 11.3 Å². The fraction of sp³-hybridized carbons (Fsp3) is 0.571. The quantitative estimate of drug-likeness (QED) is 0.791. The van der Waals surface area contributed by atoms with Gasteiger partial charge < -0.3 is 5.32 Å². The van der Waals surface area contributed by atoms with Gasteiger partial charge in [-0.15, -0.1) is 11.8 Å². The maximum atomic E-state index is 6.37. The van der Waals surface area contributed by atoms with Crippen LogP contribution in [0.15, 0.2) is 17.0 Å². The van der Waals surface area contributed by atoms with Crippen LogP contribution in [0, 0.1) is 0 Å². The smallest absolute Gasteiger partial charge is 0.0546 e. The molecule has 0 aromatic heterocycles. The fourth-order valence-electron chi connectivity index (χ4n) is 2.41. The van der Waals surface area contributed by atoms with E-state index in [4.69, 9.17) is 23.2 Å². The molecular weight excluding hydrogens is 285 g/mol. The van der Waals surface area contributed by atoms with E-state index in [9.17, 15) is 0 Å². The highest BCUT2D eigenvalue weighted by Gasteiger charge is 2.35. The first-order valence-corrected chi connectivity index (χ1v) is 8.20. The standard InChI is InChI=1S/C14H19Cl2NS/c1-3-5-11-13(17-8-4-2)12-9(15)6-7-10(16)14(12)18-11/h6-7,11,13,17H,3-5,8H2,1-2H3. The average molecular weight is 304 g/mol. The van der Waals surface area contributed by atoms with E-state index < -0.39 is 0 Å². The van der Waals surface area contributed by atoms with Gasteiger partial charge in [-0.1, -0.05) is 43.5 Å². The monoisotopic (exact) mass is 303 g/mol. The van der Waals surface area contributed by atoms with E-state index in [0.717, 1.165) is 23.0 Å². The van der Waals surface area contributed by atoms with Crippen LogP contribution in [0.1, 0.15) is 44.7 Å². The Morgan fingerprint density at radius 3 is 2.56 bits per heavy atom. The minimum atomic E-state index is 0.344. The molecule has 0 fully saturated rings. The molecule has 1 aliphatic rings. The van der Waals surface area contributed by atoms with Gasteiger partial charge in [0.05, 0.1) is 5.02 Å². The maximum Gasteiger partial charge on any atom is 0.0546 e. The SMILES string of the molecule is CCCNC1c2c(Cl)ccc(Cl)c2SC1CCC. The van der Waals surface area contributed by atoms with Crippen LogP contribution < -0.4 is 5.32 Å². The molecule has 1 aliphatic heterocycles. The third kappa shape index (κ3) is 2.82. The van der Waals surface area contributed by atoms with Crippen LogP contribution in [0.5, 0.6) is 0 Å². The zero-order chi connectivity index (χ0) is 13.1. The van der Waals surface area contributed by atoms with E-state index in [-0.39, 0.29) is 0 Å². The van der Waals surface area contributed by atoms with Crippen molar-refractivity contribution in [2.45, 2.75) is 49.3 Å². The van der Waals surface area contributed by atoms with Crippen LogP contribution in [0.3, 0.4) is 0 Å². The van der Waals surface area contributed by atoms with Crippen molar-refractivity contribution in [1.82, 2.24) is 5.32 Å². The molecule has 1 aromatic rings. The summed E-state index contributed by atoms with van der Waals surface area (Å²) in [6, 6.07) is 4.16. The summed E-state index contributed by atoms with van der Waals surface area (Å²) in [6.45, 7) is 5.43. The van der Waals surface area contributed by atoms with Crippen LogP contribution in [0.25, 0.3) is 0 Å². The van der Waals surface area contributed by atoms with Crippen molar-refractivity contribution in [1.29, 1.82) is 0 Å². The topological polar surface area (TPSA) is 12.0 Å². The number of fused-ring (bicyclic) bond motifs is 1. The van der Waals surface area contributed by atoms with Crippen LogP contribution in [0.2, 0.25) is 10.0 Å². The average Bonchev–Trinajstić information content (AvgIpc) is 2.72. The number of hydrogen-bond acceptors (Lipinski definition) is 2. The highest BCUT2D eigenvalue weighted by molar-refractivity contribution is 8.00. The molecule has 0 spiro atoms. The summed E-state index contributed by atoms with van der Waals surface area (Å²) >= 11 is 14.5. The molecule has 2 rings (SSSR count). The third-order valence-electron chi connectivity index (χ3n) is 3.23. The number of benzene rings is 1. The van der Waals surface area contributed by atoms with Crippen LogP contribution in [-0.4, -0.2) is 11.8 Å². The summed E-state index contributed by atoms with van der Waals surface area (Å²) in [5, 5.41) is 5.85. The molecular formula is C14H19Cl2NS. The predicted octanol–water partition coefficient (Wildman–Crippen LogP) is 5.31. The molecule has 2 unspecified atom stereocenters. The lowest BCUT2D eigenvalue weighted by molar-refractivity contribution is 0.499. The molecule has 0 saturated carbocycles. The Bertz CT molecular complexity index is 423. The molecule has 0 amide bonds. The summed E-state index contributed by atoms with van der Waals surface area (Å²) in [5.41, 5.74) is 1.21. The van der Waals surface area contributed by atoms with Gasteiger partial charge in [-0.05, 0) is 31.5 Å². The summed E-state index contributed by atoms with van der Waals surface area (Å²) in [4.78, 5) is 1.18. The first-order chi connectivity index (χ1) is 8.69. The van der Waals surface area contributed by atoms with Gasteiger partial charge in [-0.25, -0.2) is 0 Å². The highest BCUT2D eigenvalue weighted by Crippen LogP contribution is 2.51. The summed E-state index contributed by atoms with van der Waals surface area (Å²) in [5.74, 6) is 0. The Kier molecular flexibility index (Phi) is 5.25. The zero-order valence-corrected chi connectivity index (χ0v) is 13.1. The van der Waals surface area contributed by atoms with Gasteiger partial charge in [0.1, 0.15) is 0 Å². The van der Waals surface area contributed by atoms with Crippen molar-refractivity contribution < 1.29 is 0 Å². The Hall–Kier alpha value is 0.110. The number of halogens is 2. The van der Waals surface area contributed by atoms with Gasteiger partial charge in [0.2, 0.25) is 0 Å². The minimum Gasteiger partial charge on any atom is -0.309 e. The molecule has 1 heterocycles. The van der Waals surface area contributed by atoms with Gasteiger partial charge >= 0.3 is 0 Å². The van der Waals surface area contributed by atoms with Crippen molar-refractivity contribution in [2.75, 3.05) is 6.54 Å². The normalized spacial score (nSPS) is 22.2. The van der Waals surface area contributed by atoms with Gasteiger partial charge in [0.15, 0.2) is 0 Å². The number of nitrogens with one attached hydrogen (secondary N) is 1. The second kappa shape index (κ2) is 6.51. The number of rotatable bonds is 5. The van der Waals surface area contributed by atoms with Crippen LogP contribution >= 0.6 is 35.0 Å². The fourth-order valence-corrected chi connectivity index (χ4v) is 4.61. The van der Waals surface area contributed by atoms with E-state index in [2.05, 4.69) is 19.2 Å². The summed E-state index contributed by atoms with van der Waals surface area (Å²) in [6.07, 6.45) is 3.51. The van der Waals surface area contributed by atoms with E-state index in [1.807, 2.05) is 23.9 Å². The van der Waals surface area contributed by atoms with E-state index in [1.54, 1.807) is 0 Å². The maximum absolute atomic E-state index is 6.37. The van der Waals surface area contributed by atoms with Crippen LogP contribution in [0.4, 0.5) is 0 Å². The van der Waals surface area contributed by atoms with Crippen molar-refractivity contribution in [3.63, 3.8) is 0 Å². The first-order valence-electron chi connectivity index (χ1n) is 6.57. The van der Waals surface area contributed by atoms with Gasteiger partial charge in [0.25, 0.3) is 0 Å². The Morgan fingerprint density at radius 1 is 1.17 bits per heavy atom. The van der Waals surface area contributed by atoms with Gasteiger partial charge in [0, 0.05) is 26.8 Å². The molecule has 1 nitrogen and oxygen atoms in total. The molecule has 18 heavy (non-hydrogen) atoms. The van der Waals surface area contributed by atoms with Crippen molar-refractivity contribution in [2.24, 2.45) is 0 Å². The highest BCUT2D eigenvalue weighted by atomic mass is 35.5. The largest absolute Gasteiger partial charge is 0.309 e. The molecule has 100 valence electrons. The van der Waals surface area contributed by atoms with Crippen LogP contribution in [-0.2, 0) is 0 Å². The van der Waals surface area contributed by atoms with Gasteiger partial charge in [-0.3, -0.25) is 0 Å². The zero-order valence-electron chi connectivity index (χ0n) is 10.8. The third-order valence-corrected chi connectivity index (χ3v) is 5.48. The Labute approximate surface area is 124 Å². The molecule has 1 aromatic carbocycles. The molecule has 0 bridgehead atoms. The first kappa shape index (κ1) is 14.5. The molecule has 1 N–H and O–H groups in total. The van der Waals surface area contributed by atoms with Crippen molar-refractivity contribution >= 4 is 35.0 Å². The predicted molar refractivity (Wildman–Crippen MR) is 82.0 cm³/mol. The lowest BCUT2D eigenvalue weighted by Gasteiger charge is -2.21. The Balaban J connectivity index is 2.32. The summed E-state index contributed by atoms with van der Waals surface area (Å²) < 4.78 is 0. The molecule has 4 heteroatoms. The van der Waals surface area contributed by atoms with E-state index in [1.165, 1.54) is 23.3 Å². The second-order valence-electron chi connectivity index (χ2n) is 4.65. The molecule has 0 aliphatic carbocycles. The van der Waals surface area contributed by atoms with Gasteiger partial charge in [-0.2, -0.15) is 0 Å². The van der Waals surface area contributed by atoms with Crippen molar-refractivity contribution in [3.05, 3.63) is 27.7 Å². The van der Waals surface area contributed by atoms with E-state index >= 15 is 0 Å². The lowest BCUT2D eigenvalue weighted by atomic mass is 10.0. The second-order valence-corrected chi connectivity index (χ2v) is 6.71. The Morgan fingerprint density at radius 2 is 1.89 bits per heavy atom. The van der Waals surface area contributed by atoms with Crippen molar-refractivity contribution in [3.8, 4) is 0 Å². The number of thioether (sulfide) groups is 1. The molecule has 0 saturated heterocycles. The number of hydrogen-bond donors (Lipinski definition) is 1. The molecule has 0 radical (unpaired) electrons. The lowest BCUT2D eigenvalue weighted by Crippen LogP contribution is -2.28.